The largest absolute Gasteiger partial charge is 0.493 e. The van der Waals surface area contributed by atoms with Crippen molar-refractivity contribution in [2.24, 2.45) is 0 Å². The van der Waals surface area contributed by atoms with Crippen molar-refractivity contribution >= 4 is 17.4 Å². The molecule has 0 aliphatic carbocycles. The van der Waals surface area contributed by atoms with Crippen molar-refractivity contribution in [3.8, 4) is 28.7 Å². The van der Waals surface area contributed by atoms with Gasteiger partial charge >= 0.3 is 0 Å². The van der Waals surface area contributed by atoms with Crippen LogP contribution in [-0.2, 0) is 4.79 Å². The van der Waals surface area contributed by atoms with Crippen LogP contribution >= 0.6 is 0 Å². The lowest BCUT2D eigenvalue weighted by Gasteiger charge is -2.25. The Bertz CT molecular complexity index is 1520. The molecule has 1 aromatic heterocycles. The lowest BCUT2D eigenvalue weighted by molar-refractivity contribution is -0.125. The van der Waals surface area contributed by atoms with Crippen LogP contribution in [0.4, 0.5) is 5.69 Å². The van der Waals surface area contributed by atoms with Gasteiger partial charge in [-0.1, -0.05) is 24.3 Å². The Kier molecular flexibility index (Phi) is 5.99. The van der Waals surface area contributed by atoms with E-state index in [-0.39, 0.29) is 24.2 Å². The van der Waals surface area contributed by atoms with Crippen LogP contribution in [0.15, 0.2) is 79.0 Å². The molecule has 2 aliphatic heterocycles. The summed E-state index contributed by atoms with van der Waals surface area (Å²) in [5.74, 6) is 1.81. The second kappa shape index (κ2) is 9.63. The Hall–Kier alpha value is -4.72. The Balaban J connectivity index is 1.24. The molecule has 192 valence electrons. The number of para-hydroxylation sites is 2. The number of Topliss-reactive ketones (excluding diaryl/α,β-unsaturated/α-hetero) is 1. The van der Waals surface area contributed by atoms with E-state index in [4.69, 9.17) is 18.9 Å². The molecule has 1 amide bonds. The van der Waals surface area contributed by atoms with Crippen LogP contribution < -0.4 is 24.3 Å². The number of hydrogen-bond acceptors (Lipinski definition) is 6. The summed E-state index contributed by atoms with van der Waals surface area (Å²) in [5, 5.41) is 2.90. The minimum absolute atomic E-state index is 0.0155. The molecule has 0 fully saturated rings. The van der Waals surface area contributed by atoms with E-state index in [1.54, 1.807) is 26.4 Å². The normalized spacial score (nSPS) is 17.6. The van der Waals surface area contributed by atoms with Gasteiger partial charge in [0.1, 0.15) is 6.61 Å². The first-order valence-corrected chi connectivity index (χ1v) is 12.3. The molecule has 8 nitrogen and oxygen atoms in total. The van der Waals surface area contributed by atoms with Crippen LogP contribution in [0.1, 0.15) is 34.0 Å². The van der Waals surface area contributed by atoms with E-state index < -0.39 is 6.10 Å². The molecule has 2 unspecified atom stereocenters. The van der Waals surface area contributed by atoms with Crippen LogP contribution in [0.25, 0.3) is 5.69 Å². The maximum atomic E-state index is 13.4. The van der Waals surface area contributed by atoms with Crippen LogP contribution in [0.2, 0.25) is 0 Å². The van der Waals surface area contributed by atoms with E-state index in [0.29, 0.717) is 40.7 Å². The molecule has 0 spiro atoms. The van der Waals surface area contributed by atoms with Crippen molar-refractivity contribution in [3.05, 3.63) is 95.8 Å². The second-order valence-electron chi connectivity index (χ2n) is 9.18. The molecule has 3 heterocycles. The highest BCUT2D eigenvalue weighted by Gasteiger charge is 2.30. The Morgan fingerprint density at radius 2 is 1.68 bits per heavy atom. The SMILES string of the molecule is COc1cc2c(cc1OC)-n1cccc1C(c1ccc(NC(=O)C3COc4ccccc4O3)cc1)CC2=O. The summed E-state index contributed by atoms with van der Waals surface area (Å²) in [4.78, 5) is 26.2. The summed E-state index contributed by atoms with van der Waals surface area (Å²) in [6, 6.07) is 22.4. The number of carbonyl (C=O) groups is 2. The van der Waals surface area contributed by atoms with Crippen LogP contribution in [0, 0.1) is 0 Å². The van der Waals surface area contributed by atoms with E-state index >= 15 is 0 Å². The number of fused-ring (bicyclic) bond motifs is 4. The fourth-order valence-electron chi connectivity index (χ4n) is 5.05. The first-order chi connectivity index (χ1) is 18.6. The van der Waals surface area contributed by atoms with Crippen LogP contribution in [0.5, 0.6) is 23.0 Å². The number of carbonyl (C=O) groups excluding carboxylic acids is 2. The van der Waals surface area contributed by atoms with Crippen molar-refractivity contribution in [2.75, 3.05) is 26.1 Å². The maximum absolute atomic E-state index is 13.4. The molecule has 38 heavy (non-hydrogen) atoms. The van der Waals surface area contributed by atoms with Gasteiger partial charge in [-0.05, 0) is 48.0 Å². The number of nitrogens with one attached hydrogen (secondary N) is 1. The molecular formula is C30H26N2O6. The highest BCUT2D eigenvalue weighted by molar-refractivity contribution is 6.01. The molecular weight excluding hydrogens is 484 g/mol. The van der Waals surface area contributed by atoms with Gasteiger partial charge in [0.15, 0.2) is 28.8 Å². The molecule has 1 N–H and O–H groups in total. The first-order valence-electron chi connectivity index (χ1n) is 12.3. The molecule has 0 radical (unpaired) electrons. The zero-order valence-electron chi connectivity index (χ0n) is 21.0. The highest BCUT2D eigenvalue weighted by atomic mass is 16.6. The van der Waals surface area contributed by atoms with Gasteiger partial charge in [0, 0.05) is 41.5 Å². The summed E-state index contributed by atoms with van der Waals surface area (Å²) in [6.45, 7) is 0.137. The van der Waals surface area contributed by atoms with Gasteiger partial charge in [-0.2, -0.15) is 0 Å². The number of amides is 1. The van der Waals surface area contributed by atoms with Crippen molar-refractivity contribution < 1.29 is 28.5 Å². The number of aromatic nitrogens is 1. The number of benzene rings is 3. The molecule has 0 saturated heterocycles. The van der Waals surface area contributed by atoms with Crippen molar-refractivity contribution in [1.29, 1.82) is 0 Å². The average molecular weight is 511 g/mol. The number of ketones is 1. The minimum atomic E-state index is -0.750. The van der Waals surface area contributed by atoms with Crippen molar-refractivity contribution in [2.45, 2.75) is 18.4 Å². The van der Waals surface area contributed by atoms with Crippen molar-refractivity contribution in [1.82, 2.24) is 4.57 Å². The third kappa shape index (κ3) is 4.14. The van der Waals surface area contributed by atoms with Gasteiger partial charge in [0.05, 0.1) is 19.9 Å². The van der Waals surface area contributed by atoms with E-state index in [1.165, 1.54) is 0 Å². The Labute approximate surface area is 219 Å². The lowest BCUT2D eigenvalue weighted by atomic mass is 9.90. The molecule has 8 heteroatoms. The molecule has 3 aromatic carbocycles. The van der Waals surface area contributed by atoms with Gasteiger partial charge < -0.3 is 28.8 Å². The Morgan fingerprint density at radius 3 is 2.45 bits per heavy atom. The number of anilines is 1. The van der Waals surface area contributed by atoms with Gasteiger partial charge in [-0.25, -0.2) is 0 Å². The molecule has 2 atom stereocenters. The standard InChI is InChI=1S/C30H26N2O6/c1-35-27-15-21-23(16-28(27)36-2)32-13-5-6-22(32)20(14-24(21)33)18-9-11-19(12-10-18)31-30(34)29-17-37-25-7-3-4-8-26(25)38-29/h3-13,15-16,20,29H,14,17H2,1-2H3,(H,31,34). The van der Waals surface area contributed by atoms with E-state index in [0.717, 1.165) is 16.9 Å². The summed E-state index contributed by atoms with van der Waals surface area (Å²) in [5.41, 5.74) is 3.94. The molecule has 0 bridgehead atoms. The molecule has 2 aliphatic rings. The third-order valence-corrected chi connectivity index (χ3v) is 6.97. The summed E-state index contributed by atoms with van der Waals surface area (Å²) in [6.07, 6.45) is 1.50. The van der Waals surface area contributed by atoms with Crippen molar-refractivity contribution in [3.63, 3.8) is 0 Å². The first kappa shape index (κ1) is 23.7. The molecule has 4 aromatic rings. The molecule has 0 saturated carbocycles. The number of nitrogens with zero attached hydrogens (tertiary/aromatic N) is 1. The topological polar surface area (TPSA) is 88.0 Å². The number of ether oxygens (including phenoxy) is 4. The smallest absolute Gasteiger partial charge is 0.269 e. The average Bonchev–Trinajstić information content (AvgIpc) is 3.41. The van der Waals surface area contributed by atoms with E-state index in [2.05, 4.69) is 5.32 Å². The molecule has 6 rings (SSSR count). The number of methoxy groups -OCH3 is 2. The third-order valence-electron chi connectivity index (χ3n) is 6.97. The monoisotopic (exact) mass is 510 g/mol. The Morgan fingerprint density at radius 1 is 0.947 bits per heavy atom. The zero-order valence-corrected chi connectivity index (χ0v) is 21.0. The predicted octanol–water partition coefficient (Wildman–Crippen LogP) is 4.99. The lowest BCUT2D eigenvalue weighted by Crippen LogP contribution is -2.40. The van der Waals surface area contributed by atoms with Gasteiger partial charge in [-0.15, -0.1) is 0 Å². The minimum Gasteiger partial charge on any atom is -0.493 e. The summed E-state index contributed by atoms with van der Waals surface area (Å²) >= 11 is 0. The van der Waals surface area contributed by atoms with Crippen LogP contribution in [0.3, 0.4) is 0 Å². The number of hydrogen-bond donors (Lipinski definition) is 1. The van der Waals surface area contributed by atoms with E-state index in [1.807, 2.05) is 71.4 Å². The summed E-state index contributed by atoms with van der Waals surface area (Å²) in [7, 11) is 3.14. The maximum Gasteiger partial charge on any atom is 0.269 e. The fraction of sp³-hybridized carbons (Fsp3) is 0.200. The quantitative estimate of drug-likeness (QED) is 0.407. The highest BCUT2D eigenvalue weighted by Crippen LogP contribution is 2.40. The van der Waals surface area contributed by atoms with Gasteiger partial charge in [-0.3, -0.25) is 9.59 Å². The predicted molar refractivity (Wildman–Crippen MR) is 141 cm³/mol. The van der Waals surface area contributed by atoms with Gasteiger partial charge in [0.2, 0.25) is 6.10 Å². The van der Waals surface area contributed by atoms with E-state index in [9.17, 15) is 9.59 Å². The number of rotatable bonds is 5. The zero-order chi connectivity index (χ0) is 26.2. The fourth-order valence-corrected chi connectivity index (χ4v) is 5.05. The van der Waals surface area contributed by atoms with Crippen LogP contribution in [-0.4, -0.2) is 43.2 Å². The summed E-state index contributed by atoms with van der Waals surface area (Å²) < 4.78 is 24.4. The second-order valence-corrected chi connectivity index (χ2v) is 9.18. The van der Waals surface area contributed by atoms with Gasteiger partial charge in [0.25, 0.3) is 5.91 Å².